The molecule has 0 aromatic heterocycles. The maximum atomic E-state index is 14.3. The first-order valence-corrected chi connectivity index (χ1v) is 18.0. The lowest BCUT2D eigenvalue weighted by Gasteiger charge is -2.25. The standard InChI is InChI=1S/C42H42O4S/c1-2-3-4-5-6-7-8-9-10-19-28-47-32-26-27-35-36(29-32)42(46-31-22-15-12-16-23-31)38-37(41(35)45-30-20-13-11-14-21-30)39(43)33-24-17-18-25-34(33)40(38)44/h11-18,20-27,29H,2-10,19,28H2,1H3. The number of ether oxygens (including phenoxy) is 2. The van der Waals surface area contributed by atoms with Gasteiger partial charge >= 0.3 is 0 Å². The molecule has 1 aliphatic rings. The summed E-state index contributed by atoms with van der Waals surface area (Å²) in [6, 6.07) is 32.0. The first-order chi connectivity index (χ1) is 23.2. The molecule has 0 saturated heterocycles. The second-order valence-electron chi connectivity index (χ2n) is 12.2. The predicted octanol–water partition coefficient (Wildman–Crippen LogP) is 12.2. The molecule has 0 bridgehead atoms. The van der Waals surface area contributed by atoms with Gasteiger partial charge in [-0.2, -0.15) is 0 Å². The van der Waals surface area contributed by atoms with Crippen molar-refractivity contribution in [1.82, 2.24) is 0 Å². The molecule has 5 heteroatoms. The third-order valence-corrected chi connectivity index (χ3v) is 9.83. The zero-order valence-electron chi connectivity index (χ0n) is 27.1. The van der Waals surface area contributed by atoms with Crippen LogP contribution in [0.1, 0.15) is 103 Å². The number of fused-ring (bicyclic) bond motifs is 3. The minimum atomic E-state index is -0.250. The SMILES string of the molecule is CCCCCCCCCCCCSc1ccc2c(Oc3ccccc3)c3c(c(Oc4ccccc4)c2c1)C(=O)c1ccccc1C3=O. The number of carbonyl (C=O) groups is 2. The number of para-hydroxylation sites is 2. The first kappa shape index (κ1) is 32.6. The van der Waals surface area contributed by atoms with Gasteiger partial charge in [-0.25, -0.2) is 0 Å². The molecule has 0 unspecified atom stereocenters. The number of hydrogen-bond donors (Lipinski definition) is 0. The van der Waals surface area contributed by atoms with Crippen LogP contribution in [0.25, 0.3) is 10.8 Å². The quantitative estimate of drug-likeness (QED) is 0.0776. The van der Waals surface area contributed by atoms with Gasteiger partial charge in [0.15, 0.2) is 11.6 Å². The van der Waals surface area contributed by atoms with E-state index < -0.39 is 0 Å². The van der Waals surface area contributed by atoms with Crippen molar-refractivity contribution in [2.75, 3.05) is 5.75 Å². The Morgan fingerprint density at radius 3 is 1.51 bits per heavy atom. The van der Waals surface area contributed by atoms with Gasteiger partial charge in [0.05, 0.1) is 11.1 Å². The molecule has 0 fully saturated rings. The summed E-state index contributed by atoms with van der Waals surface area (Å²) in [7, 11) is 0. The molecule has 6 rings (SSSR count). The van der Waals surface area contributed by atoms with Crippen molar-refractivity contribution in [2.45, 2.75) is 76.0 Å². The molecule has 0 spiro atoms. The maximum absolute atomic E-state index is 14.3. The number of ketones is 2. The van der Waals surface area contributed by atoms with E-state index in [4.69, 9.17) is 9.47 Å². The van der Waals surface area contributed by atoms with Crippen molar-refractivity contribution in [3.8, 4) is 23.0 Å². The topological polar surface area (TPSA) is 52.6 Å². The molecule has 0 radical (unpaired) electrons. The van der Waals surface area contributed by atoms with Crippen molar-refractivity contribution < 1.29 is 19.1 Å². The fourth-order valence-electron chi connectivity index (χ4n) is 6.28. The smallest absolute Gasteiger partial charge is 0.198 e. The van der Waals surface area contributed by atoms with Crippen molar-refractivity contribution in [3.05, 3.63) is 125 Å². The fourth-order valence-corrected chi connectivity index (χ4v) is 7.23. The molecule has 5 aromatic rings. The van der Waals surface area contributed by atoms with Crippen LogP contribution < -0.4 is 9.47 Å². The van der Waals surface area contributed by atoms with Crippen molar-refractivity contribution in [1.29, 1.82) is 0 Å². The molecular formula is C42H42O4S. The van der Waals surface area contributed by atoms with Gasteiger partial charge in [0.2, 0.25) is 0 Å². The highest BCUT2D eigenvalue weighted by molar-refractivity contribution is 7.99. The number of hydrogen-bond acceptors (Lipinski definition) is 5. The van der Waals surface area contributed by atoms with Crippen molar-refractivity contribution in [3.63, 3.8) is 0 Å². The zero-order chi connectivity index (χ0) is 32.4. The number of rotatable bonds is 16. The summed E-state index contributed by atoms with van der Waals surface area (Å²) in [5.41, 5.74) is 1.23. The maximum Gasteiger partial charge on any atom is 0.198 e. The Kier molecular flexibility index (Phi) is 11.1. The molecule has 0 heterocycles. The Morgan fingerprint density at radius 2 is 0.979 bits per heavy atom. The largest absolute Gasteiger partial charge is 0.456 e. The van der Waals surface area contributed by atoms with Gasteiger partial charge < -0.3 is 9.47 Å². The van der Waals surface area contributed by atoms with E-state index in [-0.39, 0.29) is 22.7 Å². The summed E-state index contributed by atoms with van der Waals surface area (Å²) in [6.07, 6.45) is 13.1. The Hall–Kier alpha value is -4.35. The third-order valence-electron chi connectivity index (χ3n) is 8.75. The lowest BCUT2D eigenvalue weighted by atomic mass is 9.81. The van der Waals surface area contributed by atoms with E-state index >= 15 is 0 Å². The van der Waals surface area contributed by atoms with E-state index in [1.54, 1.807) is 24.3 Å². The highest BCUT2D eigenvalue weighted by atomic mass is 32.2. The normalized spacial score (nSPS) is 12.2. The van der Waals surface area contributed by atoms with Gasteiger partial charge in [-0.1, -0.05) is 125 Å². The highest BCUT2D eigenvalue weighted by Gasteiger charge is 2.37. The van der Waals surface area contributed by atoms with Gasteiger partial charge in [0.25, 0.3) is 0 Å². The summed E-state index contributed by atoms with van der Waals surface area (Å²) < 4.78 is 13.1. The Balaban J connectivity index is 1.33. The molecule has 4 nitrogen and oxygen atoms in total. The van der Waals surface area contributed by atoms with Crippen LogP contribution in [0.3, 0.4) is 0 Å². The van der Waals surface area contributed by atoms with Crippen LogP contribution in [0.2, 0.25) is 0 Å². The Labute approximate surface area is 282 Å². The Bertz CT molecular complexity index is 1830. The van der Waals surface area contributed by atoms with Gasteiger partial charge in [-0.15, -0.1) is 11.8 Å². The van der Waals surface area contributed by atoms with Crippen LogP contribution in [-0.2, 0) is 0 Å². The number of carbonyl (C=O) groups excluding carboxylic acids is 2. The minimum Gasteiger partial charge on any atom is -0.456 e. The lowest BCUT2D eigenvalue weighted by Crippen LogP contribution is -2.22. The van der Waals surface area contributed by atoms with Gasteiger partial charge in [0.1, 0.15) is 23.0 Å². The number of unbranched alkanes of at least 4 members (excludes halogenated alkanes) is 9. The summed E-state index contributed by atoms with van der Waals surface area (Å²) in [6.45, 7) is 2.26. The van der Waals surface area contributed by atoms with Crippen LogP contribution in [0.4, 0.5) is 0 Å². The summed E-state index contributed by atoms with van der Waals surface area (Å²) in [5.74, 6) is 2.46. The van der Waals surface area contributed by atoms with Crippen LogP contribution in [0.5, 0.6) is 23.0 Å². The molecule has 0 atom stereocenters. The fraction of sp³-hybridized carbons (Fsp3) is 0.286. The average molecular weight is 643 g/mol. The molecular weight excluding hydrogens is 601 g/mol. The zero-order valence-corrected chi connectivity index (χ0v) is 28.0. The van der Waals surface area contributed by atoms with Crippen molar-refractivity contribution >= 4 is 34.1 Å². The van der Waals surface area contributed by atoms with E-state index in [9.17, 15) is 9.59 Å². The van der Waals surface area contributed by atoms with Crippen LogP contribution in [0.15, 0.2) is 108 Å². The van der Waals surface area contributed by atoms with Crippen LogP contribution in [-0.4, -0.2) is 17.3 Å². The summed E-state index contributed by atoms with van der Waals surface area (Å²) >= 11 is 1.82. The number of thioether (sulfide) groups is 1. The van der Waals surface area contributed by atoms with Crippen LogP contribution in [0, 0.1) is 0 Å². The molecule has 47 heavy (non-hydrogen) atoms. The molecule has 5 aromatic carbocycles. The summed E-state index contributed by atoms with van der Waals surface area (Å²) in [5, 5.41) is 1.47. The third kappa shape index (κ3) is 7.63. The second-order valence-corrected chi connectivity index (χ2v) is 13.3. The van der Waals surface area contributed by atoms with Gasteiger partial charge in [-0.3, -0.25) is 9.59 Å². The summed E-state index contributed by atoms with van der Waals surface area (Å²) in [4.78, 5) is 29.6. The average Bonchev–Trinajstić information content (AvgIpc) is 3.11. The Morgan fingerprint density at radius 1 is 0.511 bits per heavy atom. The van der Waals surface area contributed by atoms with E-state index in [2.05, 4.69) is 19.1 Å². The van der Waals surface area contributed by atoms with E-state index in [1.165, 1.54) is 57.8 Å². The van der Waals surface area contributed by atoms with Crippen molar-refractivity contribution in [2.24, 2.45) is 0 Å². The second kappa shape index (κ2) is 16.0. The molecule has 0 N–H and O–H groups in total. The molecule has 0 aliphatic heterocycles. The molecule has 1 aliphatic carbocycles. The molecule has 240 valence electrons. The van der Waals surface area contributed by atoms with Gasteiger partial charge in [-0.05, 0) is 54.6 Å². The van der Waals surface area contributed by atoms with E-state index in [0.29, 0.717) is 34.1 Å². The predicted molar refractivity (Wildman–Crippen MR) is 193 cm³/mol. The van der Waals surface area contributed by atoms with Crippen LogP contribution >= 0.6 is 11.8 Å². The minimum absolute atomic E-state index is 0.238. The van der Waals surface area contributed by atoms with E-state index in [0.717, 1.165) is 27.8 Å². The number of benzene rings is 5. The molecule has 0 saturated carbocycles. The monoisotopic (exact) mass is 642 g/mol. The van der Waals surface area contributed by atoms with E-state index in [1.807, 2.05) is 78.5 Å². The highest BCUT2D eigenvalue weighted by Crippen LogP contribution is 2.48. The lowest BCUT2D eigenvalue weighted by molar-refractivity contribution is 0.0975. The first-order valence-electron chi connectivity index (χ1n) is 17.1. The molecule has 0 amide bonds. The van der Waals surface area contributed by atoms with Gasteiger partial charge in [0, 0.05) is 26.8 Å².